The SMILES string of the molecule is CC[C@H](C(=O)NC)N(Cc1ccc(Cl)cc1)C(=O)CN(c1ccc(Cl)c(C(F)(F)F)c1)S(=O)(=O)c1ccccc1. The number of hydrogen-bond acceptors (Lipinski definition) is 4. The number of nitrogens with one attached hydrogen (secondary N) is 1. The fourth-order valence-electron chi connectivity index (χ4n) is 4.01. The van der Waals surface area contributed by atoms with Crippen molar-refractivity contribution in [2.45, 2.75) is 37.0 Å². The third kappa shape index (κ3) is 7.26. The highest BCUT2D eigenvalue weighted by molar-refractivity contribution is 7.92. The number of carbonyl (C=O) groups is 2. The summed E-state index contributed by atoms with van der Waals surface area (Å²) in [5.41, 5.74) is -1.08. The maximum atomic E-state index is 13.8. The Balaban J connectivity index is 2.13. The minimum atomic E-state index is -4.88. The van der Waals surface area contributed by atoms with Crippen molar-refractivity contribution in [2.75, 3.05) is 17.9 Å². The molecule has 0 fully saturated rings. The van der Waals surface area contributed by atoms with Crippen LogP contribution < -0.4 is 9.62 Å². The summed E-state index contributed by atoms with van der Waals surface area (Å²) in [4.78, 5) is 27.5. The minimum absolute atomic E-state index is 0.0877. The summed E-state index contributed by atoms with van der Waals surface area (Å²) in [5, 5.41) is 2.31. The van der Waals surface area contributed by atoms with Gasteiger partial charge in [-0.25, -0.2) is 8.42 Å². The van der Waals surface area contributed by atoms with Crippen LogP contribution in [0.1, 0.15) is 24.5 Å². The molecule has 0 spiro atoms. The number of amides is 2. The first kappa shape index (κ1) is 31.3. The van der Waals surface area contributed by atoms with Crippen LogP contribution in [0, 0.1) is 0 Å². The number of benzene rings is 3. The molecular weight excluding hydrogens is 590 g/mol. The van der Waals surface area contributed by atoms with E-state index in [1.807, 2.05) is 0 Å². The lowest BCUT2D eigenvalue weighted by Crippen LogP contribution is -2.51. The van der Waals surface area contributed by atoms with E-state index in [-0.39, 0.29) is 17.9 Å². The first-order valence-electron chi connectivity index (χ1n) is 12.0. The molecule has 2 amide bonds. The molecule has 0 unspecified atom stereocenters. The van der Waals surface area contributed by atoms with Gasteiger partial charge in [-0.3, -0.25) is 13.9 Å². The monoisotopic (exact) mass is 615 g/mol. The Morgan fingerprint density at radius 2 is 1.60 bits per heavy atom. The molecular formula is C27H26Cl2F3N3O4S. The Bertz CT molecular complexity index is 1450. The Morgan fingerprint density at radius 3 is 2.15 bits per heavy atom. The predicted molar refractivity (Wildman–Crippen MR) is 148 cm³/mol. The second kappa shape index (κ2) is 12.9. The molecule has 0 heterocycles. The van der Waals surface area contributed by atoms with E-state index in [9.17, 15) is 31.2 Å². The summed E-state index contributed by atoms with van der Waals surface area (Å²) in [5.74, 6) is -1.30. The van der Waals surface area contributed by atoms with Crippen LogP contribution in [0.2, 0.25) is 10.0 Å². The number of alkyl halides is 3. The molecule has 0 saturated carbocycles. The van der Waals surface area contributed by atoms with Crippen molar-refractivity contribution in [1.82, 2.24) is 10.2 Å². The van der Waals surface area contributed by atoms with Crippen LogP contribution >= 0.6 is 23.2 Å². The normalized spacial score (nSPS) is 12.5. The highest BCUT2D eigenvalue weighted by Gasteiger charge is 2.37. The van der Waals surface area contributed by atoms with Gasteiger partial charge in [-0.05, 0) is 54.4 Å². The highest BCUT2D eigenvalue weighted by atomic mass is 35.5. The van der Waals surface area contributed by atoms with Gasteiger partial charge >= 0.3 is 6.18 Å². The van der Waals surface area contributed by atoms with E-state index in [0.717, 1.165) is 12.1 Å². The maximum absolute atomic E-state index is 13.8. The summed E-state index contributed by atoms with van der Waals surface area (Å²) < 4.78 is 69.0. The van der Waals surface area contributed by atoms with Gasteiger partial charge in [-0.2, -0.15) is 13.2 Å². The fraction of sp³-hybridized carbons (Fsp3) is 0.259. The molecule has 3 aromatic carbocycles. The van der Waals surface area contributed by atoms with Gasteiger partial charge in [0.2, 0.25) is 11.8 Å². The molecule has 7 nitrogen and oxygen atoms in total. The van der Waals surface area contributed by atoms with Crippen LogP contribution in [-0.2, 0) is 32.3 Å². The van der Waals surface area contributed by atoms with Crippen molar-refractivity contribution in [3.8, 4) is 0 Å². The zero-order valence-electron chi connectivity index (χ0n) is 21.5. The number of rotatable bonds is 10. The van der Waals surface area contributed by atoms with Gasteiger partial charge in [-0.1, -0.05) is 60.5 Å². The molecule has 0 aliphatic heterocycles. The van der Waals surface area contributed by atoms with Crippen LogP contribution in [0.25, 0.3) is 0 Å². The lowest BCUT2D eigenvalue weighted by atomic mass is 10.1. The molecule has 0 radical (unpaired) electrons. The van der Waals surface area contributed by atoms with E-state index in [4.69, 9.17) is 23.2 Å². The predicted octanol–water partition coefficient (Wildman–Crippen LogP) is 5.76. The maximum Gasteiger partial charge on any atom is 0.417 e. The van der Waals surface area contributed by atoms with E-state index >= 15 is 0 Å². The van der Waals surface area contributed by atoms with Gasteiger partial charge in [0.15, 0.2) is 0 Å². The number of likely N-dealkylation sites (N-methyl/N-ethyl adjacent to an activating group) is 1. The number of nitrogens with zero attached hydrogens (tertiary/aromatic N) is 2. The van der Waals surface area contributed by atoms with Gasteiger partial charge in [-0.15, -0.1) is 0 Å². The lowest BCUT2D eigenvalue weighted by Gasteiger charge is -2.33. The van der Waals surface area contributed by atoms with Crippen molar-refractivity contribution >= 4 is 50.7 Å². The summed E-state index contributed by atoms with van der Waals surface area (Å²) >= 11 is 11.7. The van der Waals surface area contributed by atoms with E-state index in [2.05, 4.69) is 5.32 Å². The Hall–Kier alpha value is -3.28. The zero-order chi connectivity index (χ0) is 29.7. The molecule has 0 saturated heterocycles. The third-order valence-corrected chi connectivity index (χ3v) is 8.42. The molecule has 3 aromatic rings. The smallest absolute Gasteiger partial charge is 0.357 e. The number of sulfonamides is 1. The molecule has 13 heteroatoms. The number of anilines is 1. The standard InChI is InChI=1S/C27H26Cl2F3N3O4S/c1-3-24(26(37)33-2)34(16-18-9-11-19(28)12-10-18)25(36)17-35(40(38,39)21-7-5-4-6-8-21)20-13-14-23(29)22(15-20)27(30,31)32/h4-15,24H,3,16-17H2,1-2H3,(H,33,37)/t24-/m1/s1. The largest absolute Gasteiger partial charge is 0.417 e. The molecule has 3 rings (SSSR count). The van der Waals surface area contributed by atoms with Crippen molar-refractivity contribution in [1.29, 1.82) is 0 Å². The zero-order valence-corrected chi connectivity index (χ0v) is 23.8. The fourth-order valence-corrected chi connectivity index (χ4v) is 5.78. The topological polar surface area (TPSA) is 86.8 Å². The Morgan fingerprint density at radius 1 is 0.975 bits per heavy atom. The molecule has 0 aliphatic rings. The Kier molecular flexibility index (Phi) is 10.1. The van der Waals surface area contributed by atoms with Crippen molar-refractivity contribution in [3.63, 3.8) is 0 Å². The number of carbonyl (C=O) groups excluding carboxylic acids is 2. The van der Waals surface area contributed by atoms with Gasteiger partial charge < -0.3 is 10.2 Å². The Labute approximate surface area is 240 Å². The van der Waals surface area contributed by atoms with Crippen LogP contribution in [0.4, 0.5) is 18.9 Å². The lowest BCUT2D eigenvalue weighted by molar-refractivity contribution is -0.140. The van der Waals surface area contributed by atoms with E-state index < -0.39 is 56.9 Å². The average molecular weight is 616 g/mol. The first-order chi connectivity index (χ1) is 18.8. The second-order valence-electron chi connectivity index (χ2n) is 8.67. The highest BCUT2D eigenvalue weighted by Crippen LogP contribution is 2.38. The average Bonchev–Trinajstić information content (AvgIpc) is 2.92. The van der Waals surface area contributed by atoms with E-state index in [1.165, 1.54) is 36.2 Å². The number of halogens is 5. The van der Waals surface area contributed by atoms with Gasteiger partial charge in [0.1, 0.15) is 12.6 Å². The molecule has 40 heavy (non-hydrogen) atoms. The van der Waals surface area contributed by atoms with Crippen LogP contribution in [-0.4, -0.2) is 44.8 Å². The van der Waals surface area contributed by atoms with Crippen molar-refractivity contribution in [3.05, 3.63) is 94.0 Å². The summed E-state index contributed by atoms with van der Waals surface area (Å²) in [6.07, 6.45) is -4.70. The molecule has 214 valence electrons. The quantitative estimate of drug-likeness (QED) is 0.314. The second-order valence-corrected chi connectivity index (χ2v) is 11.4. The first-order valence-corrected chi connectivity index (χ1v) is 14.2. The molecule has 0 aromatic heterocycles. The van der Waals surface area contributed by atoms with Crippen LogP contribution in [0.5, 0.6) is 0 Å². The van der Waals surface area contributed by atoms with E-state index in [1.54, 1.807) is 37.3 Å². The summed E-state index contributed by atoms with van der Waals surface area (Å²) in [6.45, 7) is 0.697. The van der Waals surface area contributed by atoms with E-state index in [0.29, 0.717) is 21.0 Å². The van der Waals surface area contributed by atoms with Crippen LogP contribution in [0.15, 0.2) is 77.7 Å². The van der Waals surface area contributed by atoms with Crippen LogP contribution in [0.3, 0.4) is 0 Å². The molecule has 1 N–H and O–H groups in total. The van der Waals surface area contributed by atoms with Gasteiger partial charge in [0, 0.05) is 18.6 Å². The summed E-state index contributed by atoms with van der Waals surface area (Å²) in [7, 11) is -3.14. The number of hydrogen-bond donors (Lipinski definition) is 1. The molecule has 0 bridgehead atoms. The molecule has 0 aliphatic carbocycles. The third-order valence-electron chi connectivity index (χ3n) is 6.05. The van der Waals surface area contributed by atoms with Gasteiger partial charge in [0.05, 0.1) is 21.2 Å². The van der Waals surface area contributed by atoms with Crippen molar-refractivity contribution < 1.29 is 31.2 Å². The molecule has 1 atom stereocenters. The van der Waals surface area contributed by atoms with Crippen molar-refractivity contribution in [2.24, 2.45) is 0 Å². The van der Waals surface area contributed by atoms with Gasteiger partial charge in [0.25, 0.3) is 10.0 Å². The minimum Gasteiger partial charge on any atom is -0.357 e. The summed E-state index contributed by atoms with van der Waals surface area (Å²) in [6, 6.07) is 15.1.